The fraction of sp³-hybridized carbons (Fsp3) is 0.355. The number of anilines is 1. The summed E-state index contributed by atoms with van der Waals surface area (Å²) >= 11 is 1.16. The first kappa shape index (κ1) is 28.4. The number of nitrogens with zero attached hydrogens (tertiary/aromatic N) is 3. The zero-order valence-electron chi connectivity index (χ0n) is 24.0. The zero-order chi connectivity index (χ0) is 29.4. The largest absolute Gasteiger partial charge is 0.497 e. The van der Waals surface area contributed by atoms with Gasteiger partial charge in [-0.3, -0.25) is 14.2 Å². The highest BCUT2D eigenvalue weighted by molar-refractivity contribution is 7.07. The third kappa shape index (κ3) is 4.65. The first-order chi connectivity index (χ1) is 19.8. The number of carbonyl (C=O) groups excluding carboxylic acids is 2. The van der Waals surface area contributed by atoms with E-state index in [9.17, 15) is 14.4 Å². The zero-order valence-corrected chi connectivity index (χ0v) is 24.8. The Kier molecular flexibility index (Phi) is 7.86. The van der Waals surface area contributed by atoms with Crippen LogP contribution < -0.4 is 29.3 Å². The molecule has 0 aliphatic carbocycles. The van der Waals surface area contributed by atoms with Gasteiger partial charge in [0.05, 0.1) is 43.4 Å². The molecule has 0 bridgehead atoms. The van der Waals surface area contributed by atoms with E-state index in [1.165, 1.54) is 11.7 Å². The lowest BCUT2D eigenvalue weighted by atomic mass is 9.93. The molecule has 3 heterocycles. The molecule has 0 N–H and O–H groups in total. The summed E-state index contributed by atoms with van der Waals surface area (Å²) in [6.45, 7) is 7.78. The number of allylic oxidation sites excluding steroid dienone is 1. The maximum atomic E-state index is 14.4. The Labute approximate surface area is 242 Å². The van der Waals surface area contributed by atoms with Crippen LogP contribution in [0, 0.1) is 0 Å². The quantitative estimate of drug-likeness (QED) is 0.380. The number of thiazole rings is 1. The Bertz CT molecular complexity index is 1750. The third-order valence-corrected chi connectivity index (χ3v) is 8.26. The van der Waals surface area contributed by atoms with Crippen LogP contribution in [-0.2, 0) is 14.3 Å². The second-order valence-electron chi connectivity index (χ2n) is 10.0. The highest BCUT2D eigenvalue weighted by Crippen LogP contribution is 2.40. The van der Waals surface area contributed by atoms with Crippen molar-refractivity contribution in [2.24, 2.45) is 4.99 Å². The number of carbonyl (C=O) groups is 2. The van der Waals surface area contributed by atoms with Crippen LogP contribution in [0.2, 0.25) is 0 Å². The van der Waals surface area contributed by atoms with E-state index >= 15 is 0 Å². The van der Waals surface area contributed by atoms with E-state index in [0.717, 1.165) is 23.4 Å². The van der Waals surface area contributed by atoms with Crippen molar-refractivity contribution in [1.29, 1.82) is 0 Å². The second-order valence-corrected chi connectivity index (χ2v) is 11.0. The maximum absolute atomic E-state index is 14.4. The summed E-state index contributed by atoms with van der Waals surface area (Å²) in [4.78, 5) is 48.7. The summed E-state index contributed by atoms with van der Waals surface area (Å²) in [7, 11) is 3.08. The van der Waals surface area contributed by atoms with Gasteiger partial charge in [0.15, 0.2) is 4.80 Å². The molecule has 1 aromatic heterocycles. The number of amides is 1. The van der Waals surface area contributed by atoms with Gasteiger partial charge in [-0.1, -0.05) is 42.9 Å². The average molecular weight is 576 g/mol. The smallest absolute Gasteiger partial charge is 0.338 e. The molecule has 1 atom stereocenters. The summed E-state index contributed by atoms with van der Waals surface area (Å²) in [5.41, 5.74) is 2.76. The minimum atomic E-state index is -0.904. The summed E-state index contributed by atoms with van der Waals surface area (Å²) in [6, 6.07) is 11.7. The van der Waals surface area contributed by atoms with Gasteiger partial charge in [-0.25, -0.2) is 9.79 Å². The Morgan fingerprint density at radius 2 is 1.83 bits per heavy atom. The minimum Gasteiger partial charge on any atom is -0.497 e. The fourth-order valence-electron chi connectivity index (χ4n) is 5.49. The summed E-state index contributed by atoms with van der Waals surface area (Å²) in [5, 5.41) is 0. The Morgan fingerprint density at radius 3 is 2.49 bits per heavy atom. The molecule has 0 unspecified atom stereocenters. The third-order valence-electron chi connectivity index (χ3n) is 7.21. The normalized spacial score (nSPS) is 17.4. The Morgan fingerprint density at radius 1 is 1.07 bits per heavy atom. The number of fused-ring (bicyclic) bond motifs is 2. The predicted molar refractivity (Wildman–Crippen MR) is 157 cm³/mol. The molecule has 2 aliphatic heterocycles. The topological polar surface area (TPSA) is 99.4 Å². The van der Waals surface area contributed by atoms with Crippen molar-refractivity contribution < 1.29 is 23.8 Å². The monoisotopic (exact) mass is 575 g/mol. The van der Waals surface area contributed by atoms with Gasteiger partial charge in [-0.15, -0.1) is 0 Å². The number of hydrogen-bond acceptors (Lipinski definition) is 8. The number of rotatable bonds is 8. The number of methoxy groups -OCH3 is 2. The fourth-order valence-corrected chi connectivity index (χ4v) is 6.60. The Balaban J connectivity index is 1.89. The van der Waals surface area contributed by atoms with Crippen LogP contribution in [-0.4, -0.2) is 43.3 Å². The molecule has 10 heteroatoms. The summed E-state index contributed by atoms with van der Waals surface area (Å²) in [6.07, 6.45) is 1.22. The molecule has 2 aromatic carbocycles. The Hall–Kier alpha value is -4.18. The van der Waals surface area contributed by atoms with Crippen LogP contribution in [0.1, 0.15) is 57.7 Å². The van der Waals surface area contributed by atoms with E-state index in [-0.39, 0.29) is 28.7 Å². The van der Waals surface area contributed by atoms with E-state index < -0.39 is 17.6 Å². The lowest BCUT2D eigenvalue weighted by Gasteiger charge is -2.27. The van der Waals surface area contributed by atoms with Crippen LogP contribution in [0.3, 0.4) is 0 Å². The molecule has 1 amide bonds. The van der Waals surface area contributed by atoms with Gasteiger partial charge in [0, 0.05) is 17.2 Å². The van der Waals surface area contributed by atoms with Gasteiger partial charge in [-0.2, -0.15) is 0 Å². The molecule has 3 aromatic rings. The van der Waals surface area contributed by atoms with Crippen LogP contribution in [0.25, 0.3) is 5.57 Å². The van der Waals surface area contributed by atoms with Crippen molar-refractivity contribution in [3.63, 3.8) is 0 Å². The second kappa shape index (κ2) is 11.4. The van der Waals surface area contributed by atoms with E-state index in [1.807, 2.05) is 45.0 Å². The molecule has 5 rings (SSSR count). The SMILES string of the molecule is CCCC1=C(C(=O)OCC)[C@@H](c2cc(OC)ccc2OC)n2c(s/c(=C3\C(=O)N(C(C)C)c4ccccc43)c2=O)=N1. The van der Waals surface area contributed by atoms with Gasteiger partial charge < -0.3 is 19.1 Å². The number of esters is 1. The number of para-hydroxylation sites is 1. The van der Waals surface area contributed by atoms with Crippen LogP contribution >= 0.6 is 11.3 Å². The van der Waals surface area contributed by atoms with Crippen LogP contribution in [0.4, 0.5) is 5.69 Å². The van der Waals surface area contributed by atoms with Crippen molar-refractivity contribution in [3.05, 3.63) is 84.5 Å². The molecule has 2 aliphatic rings. The molecule has 214 valence electrons. The molecule has 41 heavy (non-hydrogen) atoms. The van der Waals surface area contributed by atoms with Crippen LogP contribution in [0.15, 0.2) is 63.5 Å². The highest BCUT2D eigenvalue weighted by atomic mass is 32.1. The standard InChI is InChI=1S/C31H33N3O6S/c1-7-11-21-25(30(37)40-8-2)26(20-16-18(38-5)14-15-23(20)39-6)34-29(36)27(41-31(34)32-21)24-19-12-9-10-13-22(19)33(17(3)4)28(24)35/h9-10,12-17,26H,7-8,11H2,1-6H3/b27-24-/t26-/m1/s1. The van der Waals surface area contributed by atoms with Crippen molar-refractivity contribution in [2.75, 3.05) is 25.7 Å². The number of ether oxygens (including phenoxy) is 3. The van der Waals surface area contributed by atoms with Crippen LogP contribution in [0.5, 0.6) is 11.5 Å². The maximum Gasteiger partial charge on any atom is 0.338 e. The molecular weight excluding hydrogens is 542 g/mol. The molecule has 9 nitrogen and oxygen atoms in total. The first-order valence-electron chi connectivity index (χ1n) is 13.7. The highest BCUT2D eigenvalue weighted by Gasteiger charge is 2.39. The summed E-state index contributed by atoms with van der Waals surface area (Å²) < 4.78 is 18.5. The average Bonchev–Trinajstić information content (AvgIpc) is 3.44. The van der Waals surface area contributed by atoms with Gasteiger partial charge in [0.1, 0.15) is 22.1 Å². The van der Waals surface area contributed by atoms with Gasteiger partial charge >= 0.3 is 5.97 Å². The van der Waals surface area contributed by atoms with Crippen molar-refractivity contribution in [2.45, 2.75) is 52.6 Å². The van der Waals surface area contributed by atoms with Gasteiger partial charge in [-0.05, 0) is 51.5 Å². The number of hydrogen-bond donors (Lipinski definition) is 0. The molecule has 0 radical (unpaired) electrons. The first-order valence-corrected chi connectivity index (χ1v) is 14.5. The lowest BCUT2D eigenvalue weighted by Crippen LogP contribution is -2.41. The molecule has 0 saturated heterocycles. The minimum absolute atomic E-state index is 0.106. The lowest BCUT2D eigenvalue weighted by molar-refractivity contribution is -0.139. The molecule has 0 spiro atoms. The van der Waals surface area contributed by atoms with E-state index in [4.69, 9.17) is 19.2 Å². The van der Waals surface area contributed by atoms with Crippen molar-refractivity contribution in [3.8, 4) is 11.5 Å². The molecule has 0 fully saturated rings. The van der Waals surface area contributed by atoms with Gasteiger partial charge in [0.2, 0.25) is 0 Å². The van der Waals surface area contributed by atoms with Crippen molar-refractivity contribution in [1.82, 2.24) is 4.57 Å². The number of benzene rings is 2. The van der Waals surface area contributed by atoms with E-state index in [0.29, 0.717) is 45.1 Å². The van der Waals surface area contributed by atoms with Gasteiger partial charge in [0.25, 0.3) is 11.5 Å². The summed E-state index contributed by atoms with van der Waals surface area (Å²) in [5.74, 6) is 0.221. The van der Waals surface area contributed by atoms with Crippen molar-refractivity contribution >= 4 is 34.5 Å². The molecule has 0 saturated carbocycles. The van der Waals surface area contributed by atoms with E-state index in [2.05, 4.69) is 0 Å². The van der Waals surface area contributed by atoms with E-state index in [1.54, 1.807) is 37.1 Å². The number of aromatic nitrogens is 1. The molecular formula is C31H33N3O6S. The predicted octanol–water partition coefficient (Wildman–Crippen LogP) is 3.72.